The Morgan fingerprint density at radius 1 is 1.22 bits per heavy atom. The molecule has 0 radical (unpaired) electrons. The third-order valence-corrected chi connectivity index (χ3v) is 4.74. The first-order valence-electron chi connectivity index (χ1n) is 8.42. The topological polar surface area (TPSA) is 56.1 Å². The Bertz CT molecular complexity index is 711. The molecule has 6 heteroatoms. The molecule has 2 aliphatic rings. The largest absolute Gasteiger partial charge is 0.370 e. The van der Waals surface area contributed by atoms with Crippen LogP contribution < -0.4 is 4.90 Å². The van der Waals surface area contributed by atoms with Crippen molar-refractivity contribution in [3.63, 3.8) is 0 Å². The molecule has 6 nitrogen and oxygen atoms in total. The van der Waals surface area contributed by atoms with Crippen molar-refractivity contribution in [3.8, 4) is 0 Å². The van der Waals surface area contributed by atoms with Gasteiger partial charge in [0.15, 0.2) is 0 Å². The number of rotatable bonds is 2. The van der Waals surface area contributed by atoms with Gasteiger partial charge in [-0.15, -0.1) is 0 Å². The second-order valence-electron chi connectivity index (χ2n) is 6.48. The first kappa shape index (κ1) is 14.6. The van der Waals surface area contributed by atoms with Crippen molar-refractivity contribution < 1.29 is 4.74 Å². The predicted molar refractivity (Wildman–Crippen MR) is 87.5 cm³/mol. The summed E-state index contributed by atoms with van der Waals surface area (Å²) in [5, 5.41) is 4.27. The fraction of sp³-hybridized carbons (Fsp3) is 0.588. The molecule has 1 atom stereocenters. The van der Waals surface area contributed by atoms with E-state index < -0.39 is 0 Å². The molecule has 0 N–H and O–H groups in total. The zero-order chi connectivity index (χ0) is 15.8. The third kappa shape index (κ3) is 2.83. The zero-order valence-electron chi connectivity index (χ0n) is 13.8. The fourth-order valence-corrected chi connectivity index (χ4v) is 3.61. The summed E-state index contributed by atoms with van der Waals surface area (Å²) in [6.45, 7) is 4.43. The van der Waals surface area contributed by atoms with Crippen molar-refractivity contribution >= 4 is 5.82 Å². The van der Waals surface area contributed by atoms with Crippen molar-refractivity contribution in [2.75, 3.05) is 24.6 Å². The summed E-state index contributed by atoms with van der Waals surface area (Å²) in [6, 6.07) is 0. The number of hydrogen-bond donors (Lipinski definition) is 0. The molecule has 2 aromatic rings. The number of anilines is 1. The third-order valence-electron chi connectivity index (χ3n) is 4.74. The van der Waals surface area contributed by atoms with E-state index in [4.69, 9.17) is 9.72 Å². The maximum Gasteiger partial charge on any atom is 0.135 e. The Morgan fingerprint density at radius 2 is 2.09 bits per heavy atom. The van der Waals surface area contributed by atoms with Crippen LogP contribution in [0.3, 0.4) is 0 Å². The minimum Gasteiger partial charge on any atom is -0.370 e. The maximum absolute atomic E-state index is 5.96. The molecule has 0 amide bonds. The zero-order valence-corrected chi connectivity index (χ0v) is 13.8. The average molecular weight is 313 g/mol. The molecular formula is C17H23N5O. The number of aromatic nitrogens is 4. The quantitative estimate of drug-likeness (QED) is 0.848. The van der Waals surface area contributed by atoms with Crippen molar-refractivity contribution in [1.29, 1.82) is 0 Å². The van der Waals surface area contributed by atoms with E-state index in [2.05, 4.69) is 15.0 Å². The number of hydrogen-bond acceptors (Lipinski definition) is 5. The van der Waals surface area contributed by atoms with E-state index in [9.17, 15) is 0 Å². The van der Waals surface area contributed by atoms with Gasteiger partial charge in [-0.05, 0) is 32.6 Å². The molecule has 23 heavy (non-hydrogen) atoms. The first-order chi connectivity index (χ1) is 11.2. The number of nitrogens with zero attached hydrogens (tertiary/aromatic N) is 5. The predicted octanol–water partition coefficient (Wildman–Crippen LogP) is 1.98. The molecule has 1 unspecified atom stereocenters. The Hall–Kier alpha value is -1.95. The number of ether oxygens (including phenoxy) is 1. The molecule has 1 aliphatic carbocycles. The van der Waals surface area contributed by atoms with E-state index in [0.29, 0.717) is 0 Å². The van der Waals surface area contributed by atoms with Gasteiger partial charge in [-0.25, -0.2) is 9.97 Å². The van der Waals surface area contributed by atoms with Crippen molar-refractivity contribution in [2.24, 2.45) is 7.05 Å². The van der Waals surface area contributed by atoms with E-state index in [1.54, 1.807) is 0 Å². The number of fused-ring (bicyclic) bond motifs is 1. The Kier molecular flexibility index (Phi) is 3.77. The second-order valence-corrected chi connectivity index (χ2v) is 6.48. The summed E-state index contributed by atoms with van der Waals surface area (Å²) in [7, 11) is 1.94. The lowest BCUT2D eigenvalue weighted by molar-refractivity contribution is 0.0394. The average Bonchev–Trinajstić information content (AvgIpc) is 3.01. The molecular weight excluding hydrogens is 290 g/mol. The van der Waals surface area contributed by atoms with Crippen LogP contribution >= 0.6 is 0 Å². The lowest BCUT2D eigenvalue weighted by Crippen LogP contribution is -2.40. The highest BCUT2D eigenvalue weighted by molar-refractivity contribution is 5.51. The Balaban J connectivity index is 1.64. The summed E-state index contributed by atoms with van der Waals surface area (Å²) in [4.78, 5) is 11.8. The normalized spacial score (nSPS) is 21.3. The molecule has 2 aromatic heterocycles. The van der Waals surface area contributed by atoms with Gasteiger partial charge in [0, 0.05) is 43.2 Å². The fourth-order valence-electron chi connectivity index (χ4n) is 3.61. The molecule has 1 aliphatic heterocycles. The lowest BCUT2D eigenvalue weighted by atomic mass is 9.95. The van der Waals surface area contributed by atoms with Gasteiger partial charge in [-0.2, -0.15) is 5.10 Å². The van der Waals surface area contributed by atoms with Gasteiger partial charge >= 0.3 is 0 Å². The highest BCUT2D eigenvalue weighted by Gasteiger charge is 2.27. The van der Waals surface area contributed by atoms with Crippen LogP contribution in [0.15, 0.2) is 12.4 Å². The van der Waals surface area contributed by atoms with Gasteiger partial charge in [0.25, 0.3) is 0 Å². The SMILES string of the molecule is Cc1nc2c(c(N3CCOC(c4cnn(C)c4)C3)n1)CCCC2. The van der Waals surface area contributed by atoms with Crippen LogP contribution in [0.2, 0.25) is 0 Å². The molecule has 3 heterocycles. The maximum atomic E-state index is 5.96. The van der Waals surface area contributed by atoms with Crippen LogP contribution in [-0.2, 0) is 24.6 Å². The van der Waals surface area contributed by atoms with Crippen molar-refractivity contribution in [2.45, 2.75) is 38.7 Å². The van der Waals surface area contributed by atoms with Crippen LogP contribution in [0.1, 0.15) is 41.6 Å². The van der Waals surface area contributed by atoms with Gasteiger partial charge < -0.3 is 9.64 Å². The van der Waals surface area contributed by atoms with Gasteiger partial charge in [0.2, 0.25) is 0 Å². The minimum absolute atomic E-state index is 0.0620. The van der Waals surface area contributed by atoms with Gasteiger partial charge in [-0.3, -0.25) is 4.68 Å². The highest BCUT2D eigenvalue weighted by Crippen LogP contribution is 2.31. The summed E-state index contributed by atoms with van der Waals surface area (Å²) < 4.78 is 7.79. The molecule has 0 spiro atoms. The van der Waals surface area contributed by atoms with Crippen LogP contribution in [-0.4, -0.2) is 39.4 Å². The van der Waals surface area contributed by atoms with Crippen LogP contribution in [0.5, 0.6) is 0 Å². The van der Waals surface area contributed by atoms with E-state index in [1.807, 2.05) is 31.0 Å². The molecule has 0 aromatic carbocycles. The summed E-state index contributed by atoms with van der Waals surface area (Å²) in [6.07, 6.45) is 8.66. The summed E-state index contributed by atoms with van der Waals surface area (Å²) in [5.41, 5.74) is 3.74. The van der Waals surface area contributed by atoms with E-state index in [1.165, 1.54) is 24.1 Å². The summed E-state index contributed by atoms with van der Waals surface area (Å²) in [5.74, 6) is 2.01. The monoisotopic (exact) mass is 313 g/mol. The van der Waals surface area contributed by atoms with E-state index in [-0.39, 0.29) is 6.10 Å². The number of aryl methyl sites for hydroxylation is 3. The highest BCUT2D eigenvalue weighted by atomic mass is 16.5. The van der Waals surface area contributed by atoms with Gasteiger partial charge in [0.1, 0.15) is 17.7 Å². The van der Waals surface area contributed by atoms with Crippen LogP contribution in [0.4, 0.5) is 5.82 Å². The Morgan fingerprint density at radius 3 is 2.91 bits per heavy atom. The Labute approximate surface area is 136 Å². The molecule has 1 fully saturated rings. The van der Waals surface area contributed by atoms with Crippen molar-refractivity contribution in [3.05, 3.63) is 35.0 Å². The number of morpholine rings is 1. The van der Waals surface area contributed by atoms with Gasteiger partial charge in [0.05, 0.1) is 12.8 Å². The molecule has 0 bridgehead atoms. The standard InChI is InChI=1S/C17H23N5O/c1-12-19-15-6-4-3-5-14(15)17(20-12)22-7-8-23-16(11-22)13-9-18-21(2)10-13/h9-10,16H,3-8,11H2,1-2H3. The first-order valence-corrected chi connectivity index (χ1v) is 8.42. The lowest BCUT2D eigenvalue weighted by Gasteiger charge is -2.35. The van der Waals surface area contributed by atoms with Gasteiger partial charge in [-0.1, -0.05) is 0 Å². The minimum atomic E-state index is 0.0620. The summed E-state index contributed by atoms with van der Waals surface area (Å²) >= 11 is 0. The second kappa shape index (κ2) is 5.92. The molecule has 4 rings (SSSR count). The molecule has 0 saturated carbocycles. The molecule has 1 saturated heterocycles. The van der Waals surface area contributed by atoms with Crippen LogP contribution in [0.25, 0.3) is 0 Å². The van der Waals surface area contributed by atoms with E-state index in [0.717, 1.165) is 49.7 Å². The smallest absolute Gasteiger partial charge is 0.135 e. The molecule has 122 valence electrons. The van der Waals surface area contributed by atoms with Crippen LogP contribution in [0, 0.1) is 6.92 Å². The van der Waals surface area contributed by atoms with E-state index >= 15 is 0 Å². The van der Waals surface area contributed by atoms with Crippen molar-refractivity contribution in [1.82, 2.24) is 19.7 Å².